The number of hydrazone groups is 1. The molecule has 0 aliphatic rings. The van der Waals surface area contributed by atoms with Gasteiger partial charge in [-0.05, 0) is 26.0 Å². The van der Waals surface area contributed by atoms with Gasteiger partial charge in [-0.3, -0.25) is 0 Å². The standard InChI is InChI=1S/C15H14Cl2N4O2/c1-3-23-14(22)12-8-18-15(20-9(12)2)21-19-7-10-4-5-11(16)6-13(10)17/h4-8H,3H2,1-2H3,(H,18,20,21). The molecule has 2 rings (SSSR count). The van der Waals surface area contributed by atoms with Crippen molar-refractivity contribution in [2.75, 3.05) is 12.0 Å². The van der Waals surface area contributed by atoms with E-state index in [2.05, 4.69) is 20.5 Å². The van der Waals surface area contributed by atoms with Crippen LogP contribution in [-0.4, -0.2) is 28.8 Å². The third-order valence-corrected chi connectivity index (χ3v) is 3.37. The Hall–Kier alpha value is -2.18. The average molecular weight is 353 g/mol. The fraction of sp³-hybridized carbons (Fsp3) is 0.200. The second-order valence-corrected chi connectivity index (χ2v) is 5.29. The summed E-state index contributed by atoms with van der Waals surface area (Å²) in [6.07, 6.45) is 2.92. The van der Waals surface area contributed by atoms with Gasteiger partial charge in [0.1, 0.15) is 0 Å². The summed E-state index contributed by atoms with van der Waals surface area (Å²) in [6, 6.07) is 5.08. The lowest BCUT2D eigenvalue weighted by molar-refractivity contribution is 0.0524. The maximum Gasteiger partial charge on any atom is 0.341 e. The first-order chi connectivity index (χ1) is 11.0. The quantitative estimate of drug-likeness (QED) is 0.504. The Bertz CT molecular complexity index is 750. The lowest BCUT2D eigenvalue weighted by Gasteiger charge is -2.05. The van der Waals surface area contributed by atoms with Gasteiger partial charge in [0.15, 0.2) is 0 Å². The fourth-order valence-electron chi connectivity index (χ4n) is 1.70. The van der Waals surface area contributed by atoms with Crippen molar-refractivity contribution in [2.24, 2.45) is 5.10 Å². The molecule has 1 heterocycles. The molecule has 8 heteroatoms. The van der Waals surface area contributed by atoms with Crippen molar-refractivity contribution in [3.05, 3.63) is 51.3 Å². The molecule has 0 fully saturated rings. The van der Waals surface area contributed by atoms with E-state index >= 15 is 0 Å². The van der Waals surface area contributed by atoms with E-state index in [0.29, 0.717) is 33.5 Å². The Labute approximate surface area is 143 Å². The highest BCUT2D eigenvalue weighted by molar-refractivity contribution is 6.36. The average Bonchev–Trinajstić information content (AvgIpc) is 2.50. The molecule has 0 aliphatic heterocycles. The molecule has 0 saturated carbocycles. The fourth-order valence-corrected chi connectivity index (χ4v) is 2.15. The molecule has 0 amide bonds. The summed E-state index contributed by atoms with van der Waals surface area (Å²) in [4.78, 5) is 19.8. The van der Waals surface area contributed by atoms with Gasteiger partial charge in [0.2, 0.25) is 5.95 Å². The largest absolute Gasteiger partial charge is 0.462 e. The molecule has 120 valence electrons. The van der Waals surface area contributed by atoms with Gasteiger partial charge in [-0.25, -0.2) is 20.2 Å². The third kappa shape index (κ3) is 4.64. The van der Waals surface area contributed by atoms with Crippen molar-refractivity contribution in [2.45, 2.75) is 13.8 Å². The molecule has 0 atom stereocenters. The molecular formula is C15H14Cl2N4O2. The monoisotopic (exact) mass is 352 g/mol. The van der Waals surface area contributed by atoms with Crippen molar-refractivity contribution in [3.8, 4) is 0 Å². The van der Waals surface area contributed by atoms with E-state index in [1.165, 1.54) is 12.4 Å². The predicted octanol–water partition coefficient (Wildman–Crippen LogP) is 3.71. The van der Waals surface area contributed by atoms with E-state index in [9.17, 15) is 4.79 Å². The molecule has 1 N–H and O–H groups in total. The van der Waals surface area contributed by atoms with Gasteiger partial charge in [-0.15, -0.1) is 0 Å². The van der Waals surface area contributed by atoms with Crippen LogP contribution in [0.15, 0.2) is 29.5 Å². The van der Waals surface area contributed by atoms with Crippen LogP contribution in [0.1, 0.15) is 28.5 Å². The zero-order valence-corrected chi connectivity index (χ0v) is 14.0. The molecular weight excluding hydrogens is 339 g/mol. The normalized spacial score (nSPS) is 10.8. The molecule has 0 aliphatic carbocycles. The number of nitrogens with zero attached hydrogens (tertiary/aromatic N) is 3. The van der Waals surface area contributed by atoms with E-state index in [1.54, 1.807) is 32.0 Å². The first-order valence-electron chi connectivity index (χ1n) is 6.76. The van der Waals surface area contributed by atoms with Crippen molar-refractivity contribution in [1.82, 2.24) is 9.97 Å². The number of halogens is 2. The molecule has 0 spiro atoms. The van der Waals surface area contributed by atoms with Gasteiger partial charge in [-0.2, -0.15) is 5.10 Å². The minimum absolute atomic E-state index is 0.261. The Morgan fingerprint density at radius 1 is 1.43 bits per heavy atom. The predicted molar refractivity (Wildman–Crippen MR) is 90.4 cm³/mol. The summed E-state index contributed by atoms with van der Waals surface area (Å²) in [5.41, 5.74) is 4.20. The summed E-state index contributed by atoms with van der Waals surface area (Å²) < 4.78 is 4.92. The molecule has 0 bridgehead atoms. The topological polar surface area (TPSA) is 76.5 Å². The lowest BCUT2D eigenvalue weighted by Crippen LogP contribution is -2.10. The van der Waals surface area contributed by atoms with Gasteiger partial charge >= 0.3 is 5.97 Å². The third-order valence-electron chi connectivity index (χ3n) is 2.81. The van der Waals surface area contributed by atoms with Crippen LogP contribution >= 0.6 is 23.2 Å². The maximum absolute atomic E-state index is 11.7. The number of benzene rings is 1. The van der Waals surface area contributed by atoms with E-state index in [1.807, 2.05) is 0 Å². The molecule has 0 unspecified atom stereocenters. The molecule has 23 heavy (non-hydrogen) atoms. The van der Waals surface area contributed by atoms with Crippen LogP contribution in [0.2, 0.25) is 10.0 Å². The number of hydrogen-bond donors (Lipinski definition) is 1. The maximum atomic E-state index is 11.7. The second-order valence-electron chi connectivity index (χ2n) is 4.45. The van der Waals surface area contributed by atoms with Gasteiger partial charge < -0.3 is 4.74 Å². The van der Waals surface area contributed by atoms with Crippen molar-refractivity contribution < 1.29 is 9.53 Å². The SMILES string of the molecule is CCOC(=O)c1cnc(NN=Cc2ccc(Cl)cc2Cl)nc1C. The number of anilines is 1. The number of rotatable bonds is 5. The van der Waals surface area contributed by atoms with E-state index in [-0.39, 0.29) is 5.95 Å². The molecule has 2 aromatic rings. The minimum Gasteiger partial charge on any atom is -0.462 e. The Morgan fingerprint density at radius 2 is 2.22 bits per heavy atom. The number of hydrogen-bond acceptors (Lipinski definition) is 6. The number of esters is 1. The highest BCUT2D eigenvalue weighted by Gasteiger charge is 2.12. The number of aryl methyl sites for hydroxylation is 1. The summed E-state index contributed by atoms with van der Waals surface area (Å²) in [7, 11) is 0. The van der Waals surface area contributed by atoms with Crippen LogP contribution in [0.25, 0.3) is 0 Å². The number of aromatic nitrogens is 2. The number of ether oxygens (including phenoxy) is 1. The first-order valence-corrected chi connectivity index (χ1v) is 7.51. The van der Waals surface area contributed by atoms with Crippen LogP contribution in [0.3, 0.4) is 0 Å². The summed E-state index contributed by atoms with van der Waals surface area (Å²) in [5.74, 6) is -0.190. The number of carbonyl (C=O) groups excluding carboxylic acids is 1. The zero-order valence-electron chi connectivity index (χ0n) is 12.5. The van der Waals surface area contributed by atoms with Gasteiger partial charge in [0.25, 0.3) is 0 Å². The molecule has 0 saturated heterocycles. The van der Waals surface area contributed by atoms with Crippen LogP contribution < -0.4 is 5.43 Å². The van der Waals surface area contributed by atoms with E-state index < -0.39 is 5.97 Å². The number of carbonyl (C=O) groups is 1. The summed E-state index contributed by atoms with van der Waals surface area (Å²) in [6.45, 7) is 3.73. The van der Waals surface area contributed by atoms with Crippen LogP contribution in [0, 0.1) is 6.92 Å². The van der Waals surface area contributed by atoms with Gasteiger partial charge in [0.05, 0.1) is 29.1 Å². The Kier molecular flexibility index (Phi) is 5.90. The summed E-state index contributed by atoms with van der Waals surface area (Å²) in [5, 5.41) is 5.04. The lowest BCUT2D eigenvalue weighted by atomic mass is 10.2. The van der Waals surface area contributed by atoms with Gasteiger partial charge in [0, 0.05) is 16.8 Å². The highest BCUT2D eigenvalue weighted by Crippen LogP contribution is 2.19. The first kappa shape index (κ1) is 17.2. The van der Waals surface area contributed by atoms with Crippen LogP contribution in [0.5, 0.6) is 0 Å². The Balaban J connectivity index is 2.07. The van der Waals surface area contributed by atoms with Crippen molar-refractivity contribution in [3.63, 3.8) is 0 Å². The van der Waals surface area contributed by atoms with Gasteiger partial charge in [-0.1, -0.05) is 29.3 Å². The molecule has 6 nitrogen and oxygen atoms in total. The van der Waals surface area contributed by atoms with Crippen LogP contribution in [-0.2, 0) is 4.74 Å². The second kappa shape index (κ2) is 7.89. The molecule has 1 aromatic carbocycles. The molecule has 1 aromatic heterocycles. The van der Waals surface area contributed by atoms with Crippen molar-refractivity contribution >= 4 is 41.3 Å². The zero-order chi connectivity index (χ0) is 16.8. The van der Waals surface area contributed by atoms with Crippen LogP contribution in [0.4, 0.5) is 5.95 Å². The summed E-state index contributed by atoms with van der Waals surface area (Å²) >= 11 is 11.9. The van der Waals surface area contributed by atoms with E-state index in [0.717, 1.165) is 0 Å². The van der Waals surface area contributed by atoms with Crippen molar-refractivity contribution in [1.29, 1.82) is 0 Å². The minimum atomic E-state index is -0.451. The number of nitrogens with one attached hydrogen (secondary N) is 1. The smallest absolute Gasteiger partial charge is 0.341 e. The highest BCUT2D eigenvalue weighted by atomic mass is 35.5. The van der Waals surface area contributed by atoms with E-state index in [4.69, 9.17) is 27.9 Å². The Morgan fingerprint density at radius 3 is 2.87 bits per heavy atom. The molecule has 0 radical (unpaired) electrons.